The topological polar surface area (TPSA) is 149 Å². The zero-order valence-corrected chi connectivity index (χ0v) is 40.8. The first-order valence-electron chi connectivity index (χ1n) is 26.7. The van der Waals surface area contributed by atoms with Gasteiger partial charge in [0.25, 0.3) is 0 Å². The number of aliphatic hydroxyl groups is 5. The molecule has 0 aromatic rings. The van der Waals surface area contributed by atoms with Gasteiger partial charge >= 0.3 is 0 Å². The largest absolute Gasteiger partial charge is 0.394 e. The van der Waals surface area contributed by atoms with E-state index >= 15 is 0 Å². The van der Waals surface area contributed by atoms with Crippen molar-refractivity contribution in [3.8, 4) is 0 Å². The average molecular weight is 892 g/mol. The molecule has 1 saturated heterocycles. The summed E-state index contributed by atoms with van der Waals surface area (Å²) in [5, 5.41) is 54.4. The summed E-state index contributed by atoms with van der Waals surface area (Å²) in [4.78, 5) is 13.0. The maximum absolute atomic E-state index is 13.0. The number of amides is 1. The molecular weight excluding hydrogens is 791 g/mol. The Balaban J connectivity index is 2.29. The Bertz CT molecular complexity index is 1080. The van der Waals surface area contributed by atoms with Crippen molar-refractivity contribution in [1.82, 2.24) is 5.32 Å². The fourth-order valence-corrected chi connectivity index (χ4v) is 8.40. The van der Waals surface area contributed by atoms with Crippen molar-refractivity contribution in [2.75, 3.05) is 13.2 Å². The van der Waals surface area contributed by atoms with E-state index in [1.807, 2.05) is 6.08 Å². The van der Waals surface area contributed by atoms with Gasteiger partial charge in [0, 0.05) is 6.42 Å². The maximum Gasteiger partial charge on any atom is 0.220 e. The van der Waals surface area contributed by atoms with E-state index in [-0.39, 0.29) is 12.5 Å². The van der Waals surface area contributed by atoms with Crippen LogP contribution in [0.2, 0.25) is 0 Å². The Labute approximate surface area is 387 Å². The highest BCUT2D eigenvalue weighted by molar-refractivity contribution is 5.76. The molecule has 1 aliphatic rings. The van der Waals surface area contributed by atoms with Gasteiger partial charge in [-0.15, -0.1) is 0 Å². The maximum atomic E-state index is 13.0. The van der Waals surface area contributed by atoms with Gasteiger partial charge in [0.05, 0.1) is 25.4 Å². The van der Waals surface area contributed by atoms with E-state index in [0.717, 1.165) is 51.4 Å². The number of unbranched alkanes of at least 4 members (excludes halogenated alkanes) is 31. The average Bonchev–Trinajstić information content (AvgIpc) is 3.28. The summed E-state index contributed by atoms with van der Waals surface area (Å²) >= 11 is 0. The fourth-order valence-electron chi connectivity index (χ4n) is 8.40. The summed E-state index contributed by atoms with van der Waals surface area (Å²) < 4.78 is 11.2. The first kappa shape index (κ1) is 59.4. The van der Waals surface area contributed by atoms with Gasteiger partial charge in [0.2, 0.25) is 5.91 Å². The highest BCUT2D eigenvalue weighted by Gasteiger charge is 2.44. The zero-order chi connectivity index (χ0) is 45.9. The SMILES string of the molecule is CCCCCCCCCCCCC/C=C\CCCCCCCCCC(=O)NC(COC1OC(CO)C(O)C(O)C1O)C(O)/C=C/CC/C=C/CCCCCCCCCCCCCC. The van der Waals surface area contributed by atoms with Gasteiger partial charge in [-0.2, -0.15) is 0 Å². The minimum absolute atomic E-state index is 0.189. The monoisotopic (exact) mass is 892 g/mol. The fraction of sp³-hybridized carbons (Fsp3) is 0.870. The molecule has 63 heavy (non-hydrogen) atoms. The zero-order valence-electron chi connectivity index (χ0n) is 40.8. The first-order valence-corrected chi connectivity index (χ1v) is 26.7. The van der Waals surface area contributed by atoms with E-state index in [1.165, 1.54) is 173 Å². The molecule has 1 heterocycles. The molecule has 1 rings (SSSR count). The van der Waals surface area contributed by atoms with Gasteiger partial charge in [-0.25, -0.2) is 0 Å². The summed E-state index contributed by atoms with van der Waals surface area (Å²) in [7, 11) is 0. The lowest BCUT2D eigenvalue weighted by Gasteiger charge is -2.40. The number of nitrogens with one attached hydrogen (secondary N) is 1. The van der Waals surface area contributed by atoms with Gasteiger partial charge in [-0.05, 0) is 57.8 Å². The highest BCUT2D eigenvalue weighted by atomic mass is 16.7. The van der Waals surface area contributed by atoms with Crippen molar-refractivity contribution >= 4 is 5.91 Å². The molecule has 370 valence electrons. The third kappa shape index (κ3) is 34.4. The molecule has 9 heteroatoms. The van der Waals surface area contributed by atoms with E-state index in [9.17, 15) is 30.3 Å². The number of allylic oxidation sites excluding steroid dienone is 5. The van der Waals surface area contributed by atoms with Crippen LogP contribution in [0, 0.1) is 0 Å². The lowest BCUT2D eigenvalue weighted by Crippen LogP contribution is -2.60. The number of rotatable bonds is 45. The molecule has 0 aliphatic carbocycles. The molecule has 0 radical (unpaired) electrons. The second-order valence-corrected chi connectivity index (χ2v) is 18.7. The third-order valence-corrected chi connectivity index (χ3v) is 12.7. The minimum atomic E-state index is -1.57. The number of ether oxygens (including phenoxy) is 2. The van der Waals surface area contributed by atoms with Crippen molar-refractivity contribution in [1.29, 1.82) is 0 Å². The number of aliphatic hydroxyl groups excluding tert-OH is 5. The van der Waals surface area contributed by atoms with Crippen LogP contribution in [0.4, 0.5) is 0 Å². The molecule has 0 aromatic heterocycles. The molecule has 0 aromatic carbocycles. The number of hydrogen-bond acceptors (Lipinski definition) is 8. The van der Waals surface area contributed by atoms with E-state index in [1.54, 1.807) is 6.08 Å². The summed E-state index contributed by atoms with van der Waals surface area (Å²) in [6.45, 7) is 3.78. The lowest BCUT2D eigenvalue weighted by atomic mass is 9.99. The Morgan fingerprint density at radius 2 is 0.905 bits per heavy atom. The van der Waals surface area contributed by atoms with Crippen LogP contribution >= 0.6 is 0 Å². The van der Waals surface area contributed by atoms with Crippen LogP contribution in [0.1, 0.15) is 245 Å². The first-order chi connectivity index (χ1) is 30.8. The molecule has 0 saturated carbocycles. The molecule has 0 bridgehead atoms. The minimum Gasteiger partial charge on any atom is -0.394 e. The second-order valence-electron chi connectivity index (χ2n) is 18.7. The van der Waals surface area contributed by atoms with Crippen LogP contribution in [0.15, 0.2) is 36.5 Å². The van der Waals surface area contributed by atoms with Crippen LogP contribution in [0.5, 0.6) is 0 Å². The Kier molecular flexibility index (Phi) is 41.7. The molecular formula is C54H101NO8. The smallest absolute Gasteiger partial charge is 0.220 e. The summed E-state index contributed by atoms with van der Waals surface area (Å²) in [5.41, 5.74) is 0. The van der Waals surface area contributed by atoms with E-state index in [2.05, 4.69) is 43.5 Å². The highest BCUT2D eigenvalue weighted by Crippen LogP contribution is 2.23. The summed E-state index contributed by atoms with van der Waals surface area (Å²) in [5.74, 6) is -0.189. The number of hydrogen-bond donors (Lipinski definition) is 6. The quantitative estimate of drug-likeness (QED) is 0.0261. The predicted octanol–water partition coefficient (Wildman–Crippen LogP) is 12.4. The van der Waals surface area contributed by atoms with Crippen LogP contribution in [0.3, 0.4) is 0 Å². The molecule has 1 aliphatic heterocycles. The normalized spacial score (nSPS) is 20.4. The van der Waals surface area contributed by atoms with Crippen LogP contribution in [-0.2, 0) is 14.3 Å². The van der Waals surface area contributed by atoms with Crippen molar-refractivity contribution in [3.63, 3.8) is 0 Å². The Morgan fingerprint density at radius 1 is 0.524 bits per heavy atom. The van der Waals surface area contributed by atoms with Crippen molar-refractivity contribution in [3.05, 3.63) is 36.5 Å². The third-order valence-electron chi connectivity index (χ3n) is 12.7. The van der Waals surface area contributed by atoms with Gasteiger partial charge < -0.3 is 40.3 Å². The van der Waals surface area contributed by atoms with Gasteiger partial charge in [-0.1, -0.05) is 217 Å². The Morgan fingerprint density at radius 3 is 1.33 bits per heavy atom. The molecule has 6 N–H and O–H groups in total. The van der Waals surface area contributed by atoms with Crippen molar-refractivity contribution < 1.29 is 39.8 Å². The molecule has 7 atom stereocenters. The predicted molar refractivity (Wildman–Crippen MR) is 263 cm³/mol. The summed E-state index contributed by atoms with van der Waals surface area (Å²) in [6, 6.07) is -0.823. The number of carbonyl (C=O) groups is 1. The van der Waals surface area contributed by atoms with E-state index in [0.29, 0.717) is 6.42 Å². The molecule has 1 fully saturated rings. The molecule has 7 unspecified atom stereocenters. The van der Waals surface area contributed by atoms with Crippen molar-refractivity contribution in [2.24, 2.45) is 0 Å². The van der Waals surface area contributed by atoms with Crippen molar-refractivity contribution in [2.45, 2.75) is 288 Å². The Hall–Kier alpha value is -1.59. The van der Waals surface area contributed by atoms with E-state index in [4.69, 9.17) is 9.47 Å². The van der Waals surface area contributed by atoms with E-state index < -0.39 is 49.5 Å². The molecule has 0 spiro atoms. The molecule has 9 nitrogen and oxygen atoms in total. The van der Waals surface area contributed by atoms with Gasteiger partial charge in [-0.3, -0.25) is 4.79 Å². The summed E-state index contributed by atoms with van der Waals surface area (Å²) in [6.07, 6.45) is 49.1. The van der Waals surface area contributed by atoms with Gasteiger partial charge in [0.15, 0.2) is 6.29 Å². The molecule has 1 amide bonds. The van der Waals surface area contributed by atoms with Crippen LogP contribution < -0.4 is 5.32 Å². The number of carbonyl (C=O) groups excluding carboxylic acids is 1. The van der Waals surface area contributed by atoms with Crippen LogP contribution in [-0.4, -0.2) is 87.5 Å². The van der Waals surface area contributed by atoms with Gasteiger partial charge in [0.1, 0.15) is 24.4 Å². The lowest BCUT2D eigenvalue weighted by molar-refractivity contribution is -0.302. The standard InChI is InChI=1S/C54H101NO8/c1-3-5-7-9-11-13-15-17-19-21-23-24-25-26-28-30-32-34-36-38-40-42-44-50(58)55-47(46-62-54-53(61)52(60)51(59)49(45-56)63-54)48(57)43-41-39-37-35-33-31-29-27-22-20-18-16-14-12-10-8-6-4-2/h25-26,33,35,41,43,47-49,51-54,56-57,59-61H,3-24,27-32,34,36-40,42,44-46H2,1-2H3,(H,55,58)/b26-25-,35-33+,43-41+. The second kappa shape index (κ2) is 44.3. The van der Waals surface area contributed by atoms with Crippen LogP contribution in [0.25, 0.3) is 0 Å².